The van der Waals surface area contributed by atoms with Crippen LogP contribution in [0.5, 0.6) is 0 Å². The molecule has 1 N–H and O–H groups in total. The molecular formula is C11H30N2O. The second kappa shape index (κ2) is 15.4. The molecular weight excluding hydrogens is 176 g/mol. The molecule has 0 aliphatic rings. The molecule has 0 bridgehead atoms. The van der Waals surface area contributed by atoms with Gasteiger partial charge in [-0.3, -0.25) is 0 Å². The van der Waals surface area contributed by atoms with Crippen LogP contribution in [-0.4, -0.2) is 62.3 Å². The van der Waals surface area contributed by atoms with Crippen molar-refractivity contribution >= 4 is 0 Å². The van der Waals surface area contributed by atoms with Gasteiger partial charge in [-0.1, -0.05) is 27.7 Å². The third-order valence-corrected chi connectivity index (χ3v) is 1.52. The SMILES string of the molecule is CC.CC.CN(C)CC(CO)N(C)C. The molecule has 0 heterocycles. The highest BCUT2D eigenvalue weighted by Gasteiger charge is 2.09. The van der Waals surface area contributed by atoms with Gasteiger partial charge in [0.25, 0.3) is 0 Å². The lowest BCUT2D eigenvalue weighted by atomic mass is 10.3. The molecule has 0 amide bonds. The van der Waals surface area contributed by atoms with Crippen molar-refractivity contribution in [3.8, 4) is 0 Å². The average molecular weight is 206 g/mol. The summed E-state index contributed by atoms with van der Waals surface area (Å²) in [5.41, 5.74) is 0. The van der Waals surface area contributed by atoms with Gasteiger partial charge in [-0.25, -0.2) is 0 Å². The Labute approximate surface area is 90.7 Å². The van der Waals surface area contributed by atoms with E-state index >= 15 is 0 Å². The summed E-state index contributed by atoms with van der Waals surface area (Å²) in [6.45, 7) is 9.13. The van der Waals surface area contributed by atoms with Crippen molar-refractivity contribution < 1.29 is 5.11 Å². The Kier molecular flexibility index (Phi) is 21.3. The van der Waals surface area contributed by atoms with Crippen molar-refractivity contribution in [2.75, 3.05) is 41.3 Å². The largest absolute Gasteiger partial charge is 0.395 e. The molecule has 3 nitrogen and oxygen atoms in total. The molecule has 0 aromatic carbocycles. The minimum absolute atomic E-state index is 0.227. The smallest absolute Gasteiger partial charge is 0.0599 e. The highest BCUT2D eigenvalue weighted by Crippen LogP contribution is 1.92. The molecule has 3 heteroatoms. The number of aliphatic hydroxyl groups excluding tert-OH is 1. The Morgan fingerprint density at radius 3 is 1.36 bits per heavy atom. The predicted octanol–water partition coefficient (Wildman–Crippen LogP) is 1.52. The van der Waals surface area contributed by atoms with Crippen LogP contribution in [0.15, 0.2) is 0 Å². The van der Waals surface area contributed by atoms with Crippen molar-refractivity contribution in [3.63, 3.8) is 0 Å². The van der Waals surface area contributed by atoms with Crippen LogP contribution in [-0.2, 0) is 0 Å². The predicted molar refractivity (Wildman–Crippen MR) is 65.8 cm³/mol. The van der Waals surface area contributed by atoms with E-state index in [2.05, 4.69) is 4.90 Å². The van der Waals surface area contributed by atoms with Gasteiger partial charge in [-0.05, 0) is 28.2 Å². The minimum Gasteiger partial charge on any atom is -0.395 e. The first kappa shape index (κ1) is 19.5. The lowest BCUT2D eigenvalue weighted by Crippen LogP contribution is -2.39. The van der Waals surface area contributed by atoms with Crippen LogP contribution in [0.4, 0.5) is 0 Å². The van der Waals surface area contributed by atoms with Crippen molar-refractivity contribution in [3.05, 3.63) is 0 Å². The summed E-state index contributed by atoms with van der Waals surface area (Å²) in [5, 5.41) is 8.88. The summed E-state index contributed by atoms with van der Waals surface area (Å²) in [4.78, 5) is 4.10. The van der Waals surface area contributed by atoms with Crippen molar-refractivity contribution in [1.29, 1.82) is 0 Å². The highest BCUT2D eigenvalue weighted by atomic mass is 16.3. The number of hydrogen-bond acceptors (Lipinski definition) is 3. The fourth-order valence-electron chi connectivity index (χ4n) is 0.806. The molecule has 0 aliphatic carbocycles. The molecule has 0 spiro atoms. The van der Waals surface area contributed by atoms with Crippen LogP contribution in [0, 0.1) is 0 Å². The molecule has 1 atom stereocenters. The number of rotatable bonds is 4. The highest BCUT2D eigenvalue weighted by molar-refractivity contribution is 4.66. The summed E-state index contributed by atoms with van der Waals surface area (Å²) < 4.78 is 0. The van der Waals surface area contributed by atoms with E-state index in [0.717, 1.165) is 6.54 Å². The van der Waals surface area contributed by atoms with E-state index in [4.69, 9.17) is 5.11 Å². The zero-order chi connectivity index (χ0) is 12.1. The Morgan fingerprint density at radius 2 is 1.29 bits per heavy atom. The maximum absolute atomic E-state index is 8.88. The molecule has 0 aliphatic heterocycles. The molecule has 90 valence electrons. The van der Waals surface area contributed by atoms with E-state index in [1.54, 1.807) is 0 Å². The summed E-state index contributed by atoms with van der Waals surface area (Å²) in [5.74, 6) is 0. The maximum atomic E-state index is 8.88. The van der Waals surface area contributed by atoms with Crippen LogP contribution in [0.3, 0.4) is 0 Å². The van der Waals surface area contributed by atoms with Crippen LogP contribution in [0.1, 0.15) is 27.7 Å². The Morgan fingerprint density at radius 1 is 0.929 bits per heavy atom. The van der Waals surface area contributed by atoms with Gasteiger partial charge in [0.2, 0.25) is 0 Å². The number of hydrogen-bond donors (Lipinski definition) is 1. The monoisotopic (exact) mass is 206 g/mol. The molecule has 0 saturated carbocycles. The molecule has 0 rings (SSSR count). The Bertz CT molecular complexity index is 85.4. The normalized spacial score (nSPS) is 11.4. The first-order valence-electron chi connectivity index (χ1n) is 5.50. The van der Waals surface area contributed by atoms with Gasteiger partial charge in [0.15, 0.2) is 0 Å². The average Bonchev–Trinajstić information content (AvgIpc) is 2.19. The molecule has 0 saturated heterocycles. The minimum atomic E-state index is 0.227. The van der Waals surface area contributed by atoms with E-state index in [0.29, 0.717) is 0 Å². The molecule has 0 radical (unpaired) electrons. The zero-order valence-electron chi connectivity index (χ0n) is 11.3. The Hall–Kier alpha value is -0.120. The van der Waals surface area contributed by atoms with E-state index in [1.165, 1.54) is 0 Å². The maximum Gasteiger partial charge on any atom is 0.0599 e. The third kappa shape index (κ3) is 14.4. The molecule has 1 unspecified atom stereocenters. The molecule has 0 aromatic rings. The van der Waals surface area contributed by atoms with Gasteiger partial charge in [0.1, 0.15) is 0 Å². The molecule has 0 aromatic heterocycles. The van der Waals surface area contributed by atoms with Gasteiger partial charge < -0.3 is 14.9 Å². The second-order valence-corrected chi connectivity index (χ2v) is 3.06. The lowest BCUT2D eigenvalue weighted by Gasteiger charge is -2.24. The molecule has 14 heavy (non-hydrogen) atoms. The van der Waals surface area contributed by atoms with Crippen molar-refractivity contribution in [1.82, 2.24) is 9.80 Å². The number of aliphatic hydroxyl groups is 1. The van der Waals surface area contributed by atoms with Crippen LogP contribution in [0.2, 0.25) is 0 Å². The fraction of sp³-hybridized carbons (Fsp3) is 1.00. The van der Waals surface area contributed by atoms with Gasteiger partial charge >= 0.3 is 0 Å². The summed E-state index contributed by atoms with van der Waals surface area (Å²) >= 11 is 0. The number of likely N-dealkylation sites (N-methyl/N-ethyl adjacent to an activating group) is 2. The molecule has 0 fully saturated rings. The summed E-state index contributed by atoms with van der Waals surface area (Å²) in [7, 11) is 7.97. The first-order valence-corrected chi connectivity index (χ1v) is 5.50. The van der Waals surface area contributed by atoms with Gasteiger partial charge in [0.05, 0.1) is 6.61 Å². The van der Waals surface area contributed by atoms with Crippen LogP contribution in [0.25, 0.3) is 0 Å². The van der Waals surface area contributed by atoms with E-state index in [-0.39, 0.29) is 12.6 Å². The standard InChI is InChI=1S/C7H18N2O.2C2H6/c1-8(2)5-7(6-10)9(3)4;2*1-2/h7,10H,5-6H2,1-4H3;2*1-2H3. The van der Waals surface area contributed by atoms with E-state index in [1.807, 2.05) is 60.8 Å². The first-order chi connectivity index (χ1) is 6.57. The zero-order valence-corrected chi connectivity index (χ0v) is 11.3. The number of nitrogens with zero attached hydrogens (tertiary/aromatic N) is 2. The van der Waals surface area contributed by atoms with Crippen LogP contribution >= 0.6 is 0 Å². The quantitative estimate of drug-likeness (QED) is 0.755. The summed E-state index contributed by atoms with van der Waals surface area (Å²) in [6.07, 6.45) is 0. The topological polar surface area (TPSA) is 26.7 Å². The second-order valence-electron chi connectivity index (χ2n) is 3.06. The van der Waals surface area contributed by atoms with Gasteiger partial charge in [0, 0.05) is 12.6 Å². The van der Waals surface area contributed by atoms with Crippen LogP contribution < -0.4 is 0 Å². The van der Waals surface area contributed by atoms with E-state index < -0.39 is 0 Å². The summed E-state index contributed by atoms with van der Waals surface area (Å²) in [6, 6.07) is 0.259. The third-order valence-electron chi connectivity index (χ3n) is 1.52. The Balaban J connectivity index is -0.000000266. The lowest BCUT2D eigenvalue weighted by molar-refractivity contribution is 0.141. The fourth-order valence-corrected chi connectivity index (χ4v) is 0.806. The van der Waals surface area contributed by atoms with Gasteiger partial charge in [-0.15, -0.1) is 0 Å². The van der Waals surface area contributed by atoms with E-state index in [9.17, 15) is 0 Å². The van der Waals surface area contributed by atoms with Crippen molar-refractivity contribution in [2.24, 2.45) is 0 Å². The van der Waals surface area contributed by atoms with Crippen molar-refractivity contribution in [2.45, 2.75) is 33.7 Å². The van der Waals surface area contributed by atoms with Gasteiger partial charge in [-0.2, -0.15) is 0 Å².